The number of carbonyl (C=O) groups excluding carboxylic acids is 3. The number of benzene rings is 1. The molecule has 1 rings (SSSR count). The van der Waals surface area contributed by atoms with Gasteiger partial charge in [0.1, 0.15) is 5.78 Å². The lowest BCUT2D eigenvalue weighted by molar-refractivity contribution is -0.129. The lowest BCUT2D eigenvalue weighted by Crippen LogP contribution is -2.51. The molecule has 0 saturated carbocycles. The first kappa shape index (κ1) is 30.6. The minimum Gasteiger partial charge on any atom is -0.426 e. The van der Waals surface area contributed by atoms with E-state index in [0.29, 0.717) is 18.5 Å². The fourth-order valence-electron chi connectivity index (χ4n) is 3.89. The van der Waals surface area contributed by atoms with Gasteiger partial charge in [-0.1, -0.05) is 77.5 Å². The molecule has 0 bridgehead atoms. The molecule has 3 amide bonds. The van der Waals surface area contributed by atoms with Gasteiger partial charge in [0.15, 0.2) is 0 Å². The van der Waals surface area contributed by atoms with E-state index >= 15 is 0 Å². The molecular weight excluding hydrogens is 445 g/mol. The zero-order chi connectivity index (χ0) is 26.1. The van der Waals surface area contributed by atoms with E-state index in [1.54, 1.807) is 24.3 Å². The molecule has 0 aliphatic heterocycles. The van der Waals surface area contributed by atoms with Crippen LogP contribution in [0.3, 0.4) is 0 Å². The standard InChI is InChI=1S/C26H44BN3O5/c1-4-5-6-7-8-9-13-16-23(31)18-21(25(32)30-24(27(34)35)17-20(2)3)19-28-26(33)29-22-14-11-10-12-15-22/h10-12,14-15,20-21,24,34-35H,4-9,13,16-19H2,1-3H3,(H,30,32)(H2,28,29,33)/t21-,24-/m0/s1. The van der Waals surface area contributed by atoms with Crippen molar-refractivity contribution in [2.75, 3.05) is 11.9 Å². The molecule has 5 N–H and O–H groups in total. The molecule has 0 spiro atoms. The number of carbonyl (C=O) groups is 3. The third-order valence-electron chi connectivity index (χ3n) is 5.86. The second-order valence-electron chi connectivity index (χ2n) is 9.67. The number of unbranched alkanes of at least 4 members (excludes halogenated alkanes) is 6. The molecule has 0 aromatic heterocycles. The predicted molar refractivity (Wildman–Crippen MR) is 141 cm³/mol. The zero-order valence-electron chi connectivity index (χ0n) is 21.6. The van der Waals surface area contributed by atoms with Gasteiger partial charge >= 0.3 is 13.1 Å². The van der Waals surface area contributed by atoms with E-state index in [1.807, 2.05) is 19.9 Å². The molecule has 35 heavy (non-hydrogen) atoms. The number of hydrogen-bond donors (Lipinski definition) is 5. The number of amides is 3. The van der Waals surface area contributed by atoms with Gasteiger partial charge in [-0.05, 0) is 30.9 Å². The number of anilines is 1. The number of hydrogen-bond acceptors (Lipinski definition) is 5. The Morgan fingerprint density at radius 2 is 1.57 bits per heavy atom. The summed E-state index contributed by atoms with van der Waals surface area (Å²) in [7, 11) is -1.71. The fraction of sp³-hybridized carbons (Fsp3) is 0.654. The van der Waals surface area contributed by atoms with Crippen LogP contribution in [0.15, 0.2) is 30.3 Å². The van der Waals surface area contributed by atoms with Gasteiger partial charge in [-0.25, -0.2) is 4.79 Å². The lowest BCUT2D eigenvalue weighted by Gasteiger charge is -2.23. The van der Waals surface area contributed by atoms with Crippen LogP contribution in [0.1, 0.15) is 85.0 Å². The first-order valence-corrected chi connectivity index (χ1v) is 13.0. The van der Waals surface area contributed by atoms with Gasteiger partial charge < -0.3 is 26.0 Å². The van der Waals surface area contributed by atoms with E-state index in [2.05, 4.69) is 22.9 Å². The van der Waals surface area contributed by atoms with Crippen molar-refractivity contribution in [3.8, 4) is 0 Å². The summed E-state index contributed by atoms with van der Waals surface area (Å²) in [6.45, 7) is 5.97. The quantitative estimate of drug-likeness (QED) is 0.157. The summed E-state index contributed by atoms with van der Waals surface area (Å²) >= 11 is 0. The van der Waals surface area contributed by atoms with E-state index in [4.69, 9.17) is 0 Å². The van der Waals surface area contributed by atoms with Gasteiger partial charge in [-0.2, -0.15) is 0 Å². The van der Waals surface area contributed by atoms with Crippen LogP contribution in [-0.4, -0.2) is 47.4 Å². The maximum Gasteiger partial charge on any atom is 0.475 e. The van der Waals surface area contributed by atoms with E-state index in [-0.39, 0.29) is 24.7 Å². The smallest absolute Gasteiger partial charge is 0.426 e. The van der Waals surface area contributed by atoms with Crippen molar-refractivity contribution >= 4 is 30.5 Å². The molecule has 9 heteroatoms. The number of ketones is 1. The van der Waals surface area contributed by atoms with Crippen molar-refractivity contribution in [2.45, 2.75) is 90.9 Å². The summed E-state index contributed by atoms with van der Waals surface area (Å²) in [6.07, 6.45) is 8.46. The van der Waals surface area contributed by atoms with Gasteiger partial charge in [0.25, 0.3) is 0 Å². The molecule has 196 valence electrons. The monoisotopic (exact) mass is 489 g/mol. The van der Waals surface area contributed by atoms with Crippen LogP contribution in [0.4, 0.5) is 10.5 Å². The molecule has 1 aromatic rings. The van der Waals surface area contributed by atoms with Crippen LogP contribution < -0.4 is 16.0 Å². The maximum absolute atomic E-state index is 13.0. The third kappa shape index (κ3) is 14.6. The molecule has 0 radical (unpaired) electrons. The number of Topliss-reactive ketones (excluding diaryl/α,β-unsaturated/α-hetero) is 1. The molecule has 8 nitrogen and oxygen atoms in total. The van der Waals surface area contributed by atoms with Crippen LogP contribution in [0.2, 0.25) is 0 Å². The van der Waals surface area contributed by atoms with Crippen LogP contribution in [0.5, 0.6) is 0 Å². The molecule has 1 aromatic carbocycles. The Balaban J connectivity index is 2.66. The highest BCUT2D eigenvalue weighted by Crippen LogP contribution is 2.14. The topological polar surface area (TPSA) is 128 Å². The molecule has 0 heterocycles. The normalized spacial score (nSPS) is 12.6. The molecule has 0 saturated heterocycles. The average molecular weight is 489 g/mol. The molecule has 0 fully saturated rings. The highest BCUT2D eigenvalue weighted by Gasteiger charge is 2.30. The van der Waals surface area contributed by atoms with Crippen molar-refractivity contribution in [3.63, 3.8) is 0 Å². The van der Waals surface area contributed by atoms with E-state index in [1.165, 1.54) is 25.7 Å². The Labute approximate surface area is 210 Å². The SMILES string of the molecule is CCCCCCCCCC(=O)C[C@@H](CNC(=O)Nc1ccccc1)C(=O)N[C@@H](CC(C)C)B(O)O. The van der Waals surface area contributed by atoms with E-state index in [0.717, 1.165) is 19.3 Å². The number of nitrogens with one attached hydrogen (secondary N) is 3. The number of rotatable bonds is 18. The zero-order valence-corrected chi connectivity index (χ0v) is 21.6. The first-order valence-electron chi connectivity index (χ1n) is 13.0. The Bertz CT molecular complexity index is 746. The predicted octanol–water partition coefficient (Wildman–Crippen LogP) is 4.07. The molecule has 0 unspecified atom stereocenters. The van der Waals surface area contributed by atoms with Gasteiger partial charge in [0.05, 0.1) is 11.9 Å². The molecule has 0 aliphatic carbocycles. The van der Waals surface area contributed by atoms with Crippen LogP contribution >= 0.6 is 0 Å². The van der Waals surface area contributed by atoms with Crippen molar-refractivity contribution in [3.05, 3.63) is 30.3 Å². The Kier molecular flexibility index (Phi) is 15.7. The highest BCUT2D eigenvalue weighted by molar-refractivity contribution is 6.43. The van der Waals surface area contributed by atoms with Crippen LogP contribution in [0.25, 0.3) is 0 Å². The second kappa shape index (κ2) is 18.0. The Morgan fingerprint density at radius 3 is 2.17 bits per heavy atom. The summed E-state index contributed by atoms with van der Waals surface area (Å²) in [5.74, 6) is -2.02. The largest absolute Gasteiger partial charge is 0.475 e. The second-order valence-corrected chi connectivity index (χ2v) is 9.67. The first-order chi connectivity index (χ1) is 16.7. The summed E-state index contributed by atoms with van der Waals surface area (Å²) in [4.78, 5) is 37.9. The molecular formula is C26H44BN3O5. The summed E-state index contributed by atoms with van der Waals surface area (Å²) in [5.41, 5.74) is 0.612. The molecule has 0 aliphatic rings. The average Bonchev–Trinajstić information content (AvgIpc) is 2.81. The van der Waals surface area contributed by atoms with E-state index in [9.17, 15) is 24.4 Å². The highest BCUT2D eigenvalue weighted by atomic mass is 16.4. The fourth-order valence-corrected chi connectivity index (χ4v) is 3.89. The number of para-hydroxylation sites is 1. The Morgan fingerprint density at radius 1 is 0.943 bits per heavy atom. The van der Waals surface area contributed by atoms with Crippen LogP contribution in [-0.2, 0) is 9.59 Å². The minimum atomic E-state index is -1.71. The van der Waals surface area contributed by atoms with Crippen molar-refractivity contribution in [1.82, 2.24) is 10.6 Å². The minimum absolute atomic E-state index is 0.0107. The van der Waals surface area contributed by atoms with Crippen molar-refractivity contribution in [1.29, 1.82) is 0 Å². The number of urea groups is 1. The summed E-state index contributed by atoms with van der Waals surface area (Å²) in [5, 5.41) is 27.4. The van der Waals surface area contributed by atoms with Gasteiger partial charge in [-0.15, -0.1) is 0 Å². The lowest BCUT2D eigenvalue weighted by atomic mass is 9.74. The van der Waals surface area contributed by atoms with Crippen molar-refractivity contribution < 1.29 is 24.4 Å². The summed E-state index contributed by atoms with van der Waals surface area (Å²) in [6, 6.07) is 8.44. The van der Waals surface area contributed by atoms with E-state index < -0.39 is 30.9 Å². The van der Waals surface area contributed by atoms with Gasteiger partial charge in [-0.3, -0.25) is 9.59 Å². The van der Waals surface area contributed by atoms with Gasteiger partial charge in [0, 0.05) is 25.1 Å². The van der Waals surface area contributed by atoms with Crippen LogP contribution in [0, 0.1) is 11.8 Å². The van der Waals surface area contributed by atoms with Gasteiger partial charge in [0.2, 0.25) is 5.91 Å². The summed E-state index contributed by atoms with van der Waals surface area (Å²) < 4.78 is 0. The third-order valence-corrected chi connectivity index (χ3v) is 5.86. The maximum atomic E-state index is 13.0. The Hall–Kier alpha value is -2.39. The van der Waals surface area contributed by atoms with Crippen molar-refractivity contribution in [2.24, 2.45) is 11.8 Å². The molecule has 2 atom stereocenters.